The van der Waals surface area contributed by atoms with Gasteiger partial charge in [-0.05, 0) is 48.2 Å². The molecule has 0 bridgehead atoms. The van der Waals surface area contributed by atoms with Crippen molar-refractivity contribution in [2.24, 2.45) is 0 Å². The average Bonchev–Trinajstić information content (AvgIpc) is 3.24. The van der Waals surface area contributed by atoms with Gasteiger partial charge in [-0.15, -0.1) is 0 Å². The summed E-state index contributed by atoms with van der Waals surface area (Å²) < 4.78 is 26.6. The van der Waals surface area contributed by atoms with E-state index in [1.54, 1.807) is 35.6 Å². The van der Waals surface area contributed by atoms with Gasteiger partial charge in [-0.2, -0.15) is 4.31 Å². The normalized spacial score (nSPS) is 15.0. The van der Waals surface area contributed by atoms with Crippen molar-refractivity contribution < 1.29 is 13.2 Å². The fourth-order valence-electron chi connectivity index (χ4n) is 3.13. The number of hydrogen-bond donors (Lipinski definition) is 2. The lowest BCUT2D eigenvalue weighted by molar-refractivity contribution is 0.0963. The highest BCUT2D eigenvalue weighted by molar-refractivity contribution is 7.89. The van der Waals surface area contributed by atoms with E-state index in [2.05, 4.69) is 10.6 Å². The molecule has 144 valence electrons. The van der Waals surface area contributed by atoms with E-state index >= 15 is 0 Å². The standard InChI is InChI=1S/C20H25N3O3S/c1-21-20(24)18-8-4-16(5-9-18)14-22-15-17-6-10-19(11-7-17)27(25,26)23-12-2-3-13-23/h4-11,22H,2-3,12-15H2,1H3,(H,21,24). The Kier molecular flexibility index (Phi) is 6.26. The molecule has 1 aliphatic rings. The predicted molar refractivity (Wildman–Crippen MR) is 105 cm³/mol. The minimum absolute atomic E-state index is 0.0986. The Labute approximate surface area is 160 Å². The molecule has 2 N–H and O–H groups in total. The summed E-state index contributed by atoms with van der Waals surface area (Å²) in [6.45, 7) is 2.54. The molecule has 6 nitrogen and oxygen atoms in total. The number of carbonyl (C=O) groups excluding carboxylic acids is 1. The number of benzene rings is 2. The highest BCUT2D eigenvalue weighted by Crippen LogP contribution is 2.21. The first-order chi connectivity index (χ1) is 13.0. The zero-order chi connectivity index (χ0) is 19.3. The molecular formula is C20H25N3O3S. The van der Waals surface area contributed by atoms with E-state index in [9.17, 15) is 13.2 Å². The van der Waals surface area contributed by atoms with E-state index in [4.69, 9.17) is 0 Å². The lowest BCUT2D eigenvalue weighted by Crippen LogP contribution is -2.27. The smallest absolute Gasteiger partial charge is 0.251 e. The monoisotopic (exact) mass is 387 g/mol. The molecule has 3 rings (SSSR count). The Balaban J connectivity index is 1.54. The van der Waals surface area contributed by atoms with Gasteiger partial charge in [-0.25, -0.2) is 8.42 Å². The quantitative estimate of drug-likeness (QED) is 0.763. The molecule has 0 radical (unpaired) electrons. The fourth-order valence-corrected chi connectivity index (χ4v) is 4.64. The van der Waals surface area contributed by atoms with Crippen LogP contribution in [0.1, 0.15) is 34.3 Å². The average molecular weight is 388 g/mol. The Morgan fingerprint density at radius 3 is 1.96 bits per heavy atom. The molecule has 0 aromatic heterocycles. The Hall–Kier alpha value is -2.22. The largest absolute Gasteiger partial charge is 0.355 e. The minimum Gasteiger partial charge on any atom is -0.355 e. The summed E-state index contributed by atoms with van der Waals surface area (Å²) in [5, 5.41) is 5.93. The minimum atomic E-state index is -3.35. The van der Waals surface area contributed by atoms with Crippen LogP contribution in [0.25, 0.3) is 0 Å². The number of amides is 1. The molecule has 0 aliphatic carbocycles. The molecule has 2 aromatic rings. The van der Waals surface area contributed by atoms with E-state index in [1.165, 1.54) is 0 Å². The summed E-state index contributed by atoms with van der Waals surface area (Å²) in [5.41, 5.74) is 2.74. The molecular weight excluding hydrogens is 362 g/mol. The van der Waals surface area contributed by atoms with Crippen LogP contribution < -0.4 is 10.6 Å². The molecule has 0 saturated carbocycles. The van der Waals surface area contributed by atoms with Crippen molar-refractivity contribution in [3.8, 4) is 0 Å². The van der Waals surface area contributed by atoms with Gasteiger partial charge in [0, 0.05) is 38.8 Å². The fraction of sp³-hybridized carbons (Fsp3) is 0.350. The van der Waals surface area contributed by atoms with Gasteiger partial charge in [0.15, 0.2) is 0 Å². The SMILES string of the molecule is CNC(=O)c1ccc(CNCc2ccc(S(=O)(=O)N3CCCC3)cc2)cc1. The Morgan fingerprint density at radius 1 is 0.926 bits per heavy atom. The van der Waals surface area contributed by atoms with E-state index < -0.39 is 10.0 Å². The van der Waals surface area contributed by atoms with Gasteiger partial charge in [-0.3, -0.25) is 4.79 Å². The summed E-state index contributed by atoms with van der Waals surface area (Å²) in [6.07, 6.45) is 1.87. The molecule has 1 saturated heterocycles. The predicted octanol–water partition coefficient (Wildman–Crippen LogP) is 2.12. The maximum Gasteiger partial charge on any atom is 0.251 e. The second kappa shape index (κ2) is 8.65. The van der Waals surface area contributed by atoms with E-state index in [0.717, 1.165) is 24.0 Å². The zero-order valence-corrected chi connectivity index (χ0v) is 16.3. The Morgan fingerprint density at radius 2 is 1.44 bits per heavy atom. The first kappa shape index (κ1) is 19.5. The number of rotatable bonds is 7. The molecule has 2 aromatic carbocycles. The van der Waals surface area contributed by atoms with Crippen molar-refractivity contribution in [3.63, 3.8) is 0 Å². The summed E-state index contributed by atoms with van der Waals surface area (Å²) in [5.74, 6) is -0.0986. The lowest BCUT2D eigenvalue weighted by atomic mass is 10.1. The number of hydrogen-bond acceptors (Lipinski definition) is 4. The molecule has 27 heavy (non-hydrogen) atoms. The summed E-state index contributed by atoms with van der Waals surface area (Å²) >= 11 is 0. The Bertz CT molecular complexity index is 872. The van der Waals surface area contributed by atoms with Gasteiger partial charge in [0.1, 0.15) is 0 Å². The lowest BCUT2D eigenvalue weighted by Gasteiger charge is -2.15. The van der Waals surface area contributed by atoms with Crippen LogP contribution in [0.5, 0.6) is 0 Å². The third-order valence-electron chi connectivity index (χ3n) is 4.73. The van der Waals surface area contributed by atoms with Gasteiger partial charge in [-0.1, -0.05) is 24.3 Å². The van der Waals surface area contributed by atoms with Gasteiger partial charge >= 0.3 is 0 Å². The van der Waals surface area contributed by atoms with E-state index in [0.29, 0.717) is 36.6 Å². The summed E-state index contributed by atoms with van der Waals surface area (Å²) in [7, 11) is -1.74. The van der Waals surface area contributed by atoms with Crippen molar-refractivity contribution >= 4 is 15.9 Å². The molecule has 1 fully saturated rings. The van der Waals surface area contributed by atoms with Gasteiger partial charge in [0.05, 0.1) is 4.90 Å². The van der Waals surface area contributed by atoms with Crippen LogP contribution in [-0.4, -0.2) is 38.8 Å². The highest BCUT2D eigenvalue weighted by Gasteiger charge is 2.26. The van der Waals surface area contributed by atoms with E-state index in [-0.39, 0.29) is 5.91 Å². The molecule has 0 spiro atoms. The van der Waals surface area contributed by atoms with Gasteiger partial charge in [0.25, 0.3) is 5.91 Å². The molecule has 1 heterocycles. The van der Waals surface area contributed by atoms with Gasteiger partial charge < -0.3 is 10.6 Å². The zero-order valence-electron chi connectivity index (χ0n) is 15.4. The first-order valence-corrected chi connectivity index (χ1v) is 10.6. The second-order valence-electron chi connectivity index (χ2n) is 6.63. The van der Waals surface area contributed by atoms with Crippen LogP contribution in [0.2, 0.25) is 0 Å². The third-order valence-corrected chi connectivity index (χ3v) is 6.64. The van der Waals surface area contributed by atoms with Crippen LogP contribution >= 0.6 is 0 Å². The van der Waals surface area contributed by atoms with Gasteiger partial charge in [0.2, 0.25) is 10.0 Å². The van der Waals surface area contributed by atoms with Crippen LogP contribution in [-0.2, 0) is 23.1 Å². The van der Waals surface area contributed by atoms with Crippen LogP contribution in [0.3, 0.4) is 0 Å². The molecule has 7 heteroatoms. The molecule has 0 unspecified atom stereocenters. The van der Waals surface area contributed by atoms with Crippen molar-refractivity contribution in [2.45, 2.75) is 30.8 Å². The van der Waals surface area contributed by atoms with Crippen molar-refractivity contribution in [1.82, 2.24) is 14.9 Å². The summed E-state index contributed by atoms with van der Waals surface area (Å²) in [6, 6.07) is 14.5. The number of nitrogens with zero attached hydrogens (tertiary/aromatic N) is 1. The van der Waals surface area contributed by atoms with Crippen molar-refractivity contribution in [3.05, 3.63) is 65.2 Å². The molecule has 1 aliphatic heterocycles. The number of nitrogens with one attached hydrogen (secondary N) is 2. The van der Waals surface area contributed by atoms with Crippen LogP contribution in [0.15, 0.2) is 53.4 Å². The maximum absolute atomic E-state index is 12.5. The van der Waals surface area contributed by atoms with Crippen LogP contribution in [0.4, 0.5) is 0 Å². The molecule has 1 amide bonds. The second-order valence-corrected chi connectivity index (χ2v) is 8.57. The van der Waals surface area contributed by atoms with E-state index in [1.807, 2.05) is 24.3 Å². The first-order valence-electron chi connectivity index (χ1n) is 9.11. The van der Waals surface area contributed by atoms with Crippen molar-refractivity contribution in [1.29, 1.82) is 0 Å². The van der Waals surface area contributed by atoms with Crippen LogP contribution in [0, 0.1) is 0 Å². The third kappa shape index (κ3) is 4.74. The number of sulfonamides is 1. The molecule has 0 atom stereocenters. The number of carbonyl (C=O) groups is 1. The maximum atomic E-state index is 12.5. The topological polar surface area (TPSA) is 78.5 Å². The highest BCUT2D eigenvalue weighted by atomic mass is 32.2. The summed E-state index contributed by atoms with van der Waals surface area (Å²) in [4.78, 5) is 11.9. The van der Waals surface area contributed by atoms with Crippen molar-refractivity contribution in [2.75, 3.05) is 20.1 Å².